The molecule has 2 atom stereocenters. The van der Waals surface area contributed by atoms with Crippen molar-refractivity contribution in [3.8, 4) is 0 Å². The number of fused-ring (bicyclic) bond motifs is 2. The highest BCUT2D eigenvalue weighted by atomic mass is 16.3. The second-order valence-corrected chi connectivity index (χ2v) is 8.00. The molecule has 4 heteroatoms. The maximum absolute atomic E-state index is 12.4. The molecule has 2 saturated heterocycles. The van der Waals surface area contributed by atoms with E-state index < -0.39 is 0 Å². The molecule has 2 heterocycles. The number of nitrogens with zero attached hydrogens (tertiary/aromatic N) is 2. The molecular weight excluding hydrogens is 312 g/mol. The first kappa shape index (κ1) is 17.0. The fraction of sp³-hybridized carbons (Fsp3) is 0.667. The van der Waals surface area contributed by atoms with Gasteiger partial charge in [0.1, 0.15) is 0 Å². The third-order valence-electron chi connectivity index (χ3n) is 6.53. The second kappa shape index (κ2) is 7.46. The van der Waals surface area contributed by atoms with Crippen LogP contribution >= 0.6 is 0 Å². The molecule has 3 aliphatic rings. The van der Waals surface area contributed by atoms with Crippen molar-refractivity contribution in [2.45, 2.75) is 57.0 Å². The molecule has 136 valence electrons. The van der Waals surface area contributed by atoms with Crippen molar-refractivity contribution in [1.82, 2.24) is 9.80 Å². The lowest BCUT2D eigenvalue weighted by Gasteiger charge is -2.48. The Morgan fingerprint density at radius 3 is 2.56 bits per heavy atom. The number of piperidine rings is 2. The standard InChI is InChI=1S/C21H30N2O2/c24-12-4-3-10-23-20-9-11-22(15-18(20)7-8-21(23)25)19-13-16-5-1-2-6-17(16)14-19/h1-2,5-6,18-20,24H,3-4,7-15H2/t18-,20+/m0/s1. The molecule has 1 aliphatic carbocycles. The molecule has 2 fully saturated rings. The number of carbonyl (C=O) groups is 1. The monoisotopic (exact) mass is 342 g/mol. The Morgan fingerprint density at radius 2 is 1.84 bits per heavy atom. The van der Waals surface area contributed by atoms with Gasteiger partial charge in [-0.05, 0) is 55.6 Å². The molecule has 1 amide bonds. The Labute approximate surface area is 150 Å². The minimum Gasteiger partial charge on any atom is -0.396 e. The summed E-state index contributed by atoms with van der Waals surface area (Å²) >= 11 is 0. The van der Waals surface area contributed by atoms with E-state index in [0.29, 0.717) is 30.3 Å². The van der Waals surface area contributed by atoms with Crippen LogP contribution < -0.4 is 0 Å². The quantitative estimate of drug-likeness (QED) is 0.835. The Kier molecular flexibility index (Phi) is 5.09. The van der Waals surface area contributed by atoms with Crippen LogP contribution in [-0.4, -0.2) is 59.1 Å². The van der Waals surface area contributed by atoms with Gasteiger partial charge in [-0.3, -0.25) is 9.69 Å². The lowest BCUT2D eigenvalue weighted by atomic mass is 9.82. The topological polar surface area (TPSA) is 43.8 Å². The van der Waals surface area contributed by atoms with Gasteiger partial charge in [-0.25, -0.2) is 0 Å². The van der Waals surface area contributed by atoms with Crippen molar-refractivity contribution in [1.29, 1.82) is 0 Å². The molecule has 2 aliphatic heterocycles. The Bertz CT molecular complexity index is 593. The first-order valence-corrected chi connectivity index (χ1v) is 9.97. The molecular formula is C21H30N2O2. The van der Waals surface area contributed by atoms with Gasteiger partial charge in [-0.1, -0.05) is 24.3 Å². The van der Waals surface area contributed by atoms with Crippen LogP contribution in [0.2, 0.25) is 0 Å². The molecule has 0 spiro atoms. The molecule has 0 saturated carbocycles. The molecule has 1 aromatic carbocycles. The van der Waals surface area contributed by atoms with Gasteiger partial charge in [0, 0.05) is 44.7 Å². The summed E-state index contributed by atoms with van der Waals surface area (Å²) in [6.45, 7) is 3.32. The third kappa shape index (κ3) is 3.47. The number of aliphatic hydroxyl groups excluding tert-OH is 1. The molecule has 0 radical (unpaired) electrons. The number of benzene rings is 1. The van der Waals surface area contributed by atoms with E-state index >= 15 is 0 Å². The van der Waals surface area contributed by atoms with Crippen LogP contribution in [0.3, 0.4) is 0 Å². The zero-order valence-electron chi connectivity index (χ0n) is 15.1. The lowest BCUT2D eigenvalue weighted by Crippen LogP contribution is -2.57. The van der Waals surface area contributed by atoms with Crippen LogP contribution in [0, 0.1) is 5.92 Å². The van der Waals surface area contributed by atoms with Crippen LogP contribution in [0.15, 0.2) is 24.3 Å². The lowest BCUT2D eigenvalue weighted by molar-refractivity contribution is -0.141. The number of amides is 1. The second-order valence-electron chi connectivity index (χ2n) is 8.00. The summed E-state index contributed by atoms with van der Waals surface area (Å²) in [5, 5.41) is 9.01. The van der Waals surface area contributed by atoms with Gasteiger partial charge in [0.25, 0.3) is 0 Å². The molecule has 1 N–H and O–H groups in total. The summed E-state index contributed by atoms with van der Waals surface area (Å²) in [5.74, 6) is 0.963. The van der Waals surface area contributed by atoms with E-state index in [1.807, 2.05) is 0 Å². The maximum Gasteiger partial charge on any atom is 0.222 e. The van der Waals surface area contributed by atoms with E-state index in [-0.39, 0.29) is 6.61 Å². The summed E-state index contributed by atoms with van der Waals surface area (Å²) < 4.78 is 0. The fourth-order valence-electron chi connectivity index (χ4n) is 5.19. The molecule has 1 aromatic rings. The normalized spacial score (nSPS) is 27.4. The molecule has 0 unspecified atom stereocenters. The van der Waals surface area contributed by atoms with E-state index in [1.165, 1.54) is 24.0 Å². The van der Waals surface area contributed by atoms with Crippen molar-refractivity contribution >= 4 is 5.91 Å². The zero-order valence-corrected chi connectivity index (χ0v) is 15.1. The van der Waals surface area contributed by atoms with Crippen molar-refractivity contribution in [3.05, 3.63) is 35.4 Å². The van der Waals surface area contributed by atoms with Crippen molar-refractivity contribution < 1.29 is 9.90 Å². The third-order valence-corrected chi connectivity index (χ3v) is 6.53. The van der Waals surface area contributed by atoms with Gasteiger partial charge in [-0.2, -0.15) is 0 Å². The summed E-state index contributed by atoms with van der Waals surface area (Å²) in [6, 6.07) is 9.96. The van der Waals surface area contributed by atoms with Crippen molar-refractivity contribution in [2.75, 3.05) is 26.2 Å². The van der Waals surface area contributed by atoms with E-state index in [4.69, 9.17) is 5.11 Å². The number of rotatable bonds is 5. The van der Waals surface area contributed by atoms with Crippen LogP contribution in [0.25, 0.3) is 0 Å². The van der Waals surface area contributed by atoms with Gasteiger partial charge in [0.05, 0.1) is 0 Å². The van der Waals surface area contributed by atoms with Gasteiger partial charge in [0.2, 0.25) is 5.91 Å². The van der Waals surface area contributed by atoms with Gasteiger partial charge in [-0.15, -0.1) is 0 Å². The molecule has 25 heavy (non-hydrogen) atoms. The van der Waals surface area contributed by atoms with E-state index in [0.717, 1.165) is 45.3 Å². The number of likely N-dealkylation sites (tertiary alicyclic amines) is 2. The van der Waals surface area contributed by atoms with Gasteiger partial charge < -0.3 is 10.0 Å². The van der Waals surface area contributed by atoms with Crippen molar-refractivity contribution in [2.24, 2.45) is 5.92 Å². The molecule has 0 aromatic heterocycles. The predicted octanol–water partition coefficient (Wildman–Crippen LogP) is 2.24. The first-order valence-electron chi connectivity index (χ1n) is 9.97. The molecule has 4 rings (SSSR count). The number of aliphatic hydroxyl groups is 1. The molecule has 0 bridgehead atoms. The van der Waals surface area contributed by atoms with Crippen LogP contribution in [0.4, 0.5) is 0 Å². The Morgan fingerprint density at radius 1 is 1.08 bits per heavy atom. The largest absolute Gasteiger partial charge is 0.396 e. The Hall–Kier alpha value is -1.39. The Balaban J connectivity index is 1.38. The van der Waals surface area contributed by atoms with E-state index in [9.17, 15) is 4.79 Å². The highest BCUT2D eigenvalue weighted by Crippen LogP contribution is 2.34. The highest BCUT2D eigenvalue weighted by molar-refractivity contribution is 5.77. The number of hydrogen-bond donors (Lipinski definition) is 1. The summed E-state index contributed by atoms with van der Waals surface area (Å²) in [5.41, 5.74) is 3.05. The predicted molar refractivity (Wildman–Crippen MR) is 98.4 cm³/mol. The zero-order chi connectivity index (χ0) is 17.2. The fourth-order valence-corrected chi connectivity index (χ4v) is 5.19. The van der Waals surface area contributed by atoms with Crippen molar-refractivity contribution in [3.63, 3.8) is 0 Å². The van der Waals surface area contributed by atoms with Crippen LogP contribution in [0.1, 0.15) is 43.2 Å². The van der Waals surface area contributed by atoms with Crippen LogP contribution in [0.5, 0.6) is 0 Å². The summed E-state index contributed by atoms with van der Waals surface area (Å²) in [7, 11) is 0. The van der Waals surface area contributed by atoms with Crippen LogP contribution in [-0.2, 0) is 17.6 Å². The van der Waals surface area contributed by atoms with Gasteiger partial charge in [0.15, 0.2) is 0 Å². The first-order chi connectivity index (χ1) is 12.3. The smallest absolute Gasteiger partial charge is 0.222 e. The minimum absolute atomic E-state index is 0.228. The number of unbranched alkanes of at least 4 members (excludes halogenated alkanes) is 1. The number of hydrogen-bond acceptors (Lipinski definition) is 3. The van der Waals surface area contributed by atoms with E-state index in [2.05, 4.69) is 34.1 Å². The summed E-state index contributed by atoms with van der Waals surface area (Å²) in [4.78, 5) is 17.2. The average molecular weight is 342 g/mol. The number of carbonyl (C=O) groups excluding carboxylic acids is 1. The summed E-state index contributed by atoms with van der Waals surface area (Å²) in [6.07, 6.45) is 6.97. The van der Waals surface area contributed by atoms with E-state index in [1.54, 1.807) is 0 Å². The average Bonchev–Trinajstić information content (AvgIpc) is 3.07. The molecule has 4 nitrogen and oxygen atoms in total. The maximum atomic E-state index is 12.4. The minimum atomic E-state index is 0.228. The SMILES string of the molecule is O=C1CC[C@H]2CN(C3Cc4ccccc4C3)CC[C@H]2N1CCCCO. The highest BCUT2D eigenvalue weighted by Gasteiger charge is 2.41. The van der Waals surface area contributed by atoms with Gasteiger partial charge >= 0.3 is 0 Å².